The second-order valence-electron chi connectivity index (χ2n) is 5.27. The molecule has 0 saturated carbocycles. The van der Waals surface area contributed by atoms with Crippen LogP contribution in [0.1, 0.15) is 10.4 Å². The van der Waals surface area contributed by atoms with Gasteiger partial charge in [0.2, 0.25) is 5.91 Å². The Kier molecular flexibility index (Phi) is 5.00. The maximum atomic E-state index is 13.5. The lowest BCUT2D eigenvalue weighted by Gasteiger charge is -1.98. The number of nitrogens with zero attached hydrogens (tertiary/aromatic N) is 1. The molecule has 3 nitrogen and oxygen atoms in total. The van der Waals surface area contributed by atoms with Gasteiger partial charge in [-0.2, -0.15) is 0 Å². The fourth-order valence-corrected chi connectivity index (χ4v) is 3.09. The highest BCUT2D eigenvalue weighted by Crippen LogP contribution is 2.30. The molecule has 0 aliphatic carbocycles. The number of nitrogens with one attached hydrogen (secondary N) is 1. The first kappa shape index (κ1) is 17.0. The maximum Gasteiger partial charge on any atom is 0.250 e. The molecule has 1 aromatic heterocycles. The van der Waals surface area contributed by atoms with Crippen molar-refractivity contribution in [1.29, 1.82) is 0 Å². The number of carbonyl (C=O) groups is 1. The van der Waals surface area contributed by atoms with Gasteiger partial charge in [0.25, 0.3) is 0 Å². The summed E-state index contributed by atoms with van der Waals surface area (Å²) in [4.78, 5) is 17.3. The summed E-state index contributed by atoms with van der Waals surface area (Å²) < 4.78 is 26.5. The van der Waals surface area contributed by atoms with E-state index in [9.17, 15) is 13.6 Å². The number of anilines is 1. The van der Waals surface area contributed by atoms with Crippen LogP contribution < -0.4 is 5.32 Å². The molecule has 6 heteroatoms. The van der Waals surface area contributed by atoms with E-state index in [1.54, 1.807) is 30.3 Å². The summed E-state index contributed by atoms with van der Waals surface area (Å²) in [5.41, 5.74) is 1.80. The van der Waals surface area contributed by atoms with Gasteiger partial charge in [-0.1, -0.05) is 18.2 Å². The largest absolute Gasteiger partial charge is 0.298 e. The van der Waals surface area contributed by atoms with Gasteiger partial charge < -0.3 is 0 Å². The average Bonchev–Trinajstić information content (AvgIpc) is 2.95. The molecule has 0 aliphatic heterocycles. The van der Waals surface area contributed by atoms with E-state index in [0.29, 0.717) is 16.4 Å². The molecular formula is C19H14F2N2OS. The van der Waals surface area contributed by atoms with Crippen LogP contribution in [0.15, 0.2) is 54.6 Å². The number of aryl methyl sites for hydroxylation is 1. The summed E-state index contributed by atoms with van der Waals surface area (Å²) in [6.45, 7) is 1.88. The number of aromatic nitrogens is 1. The molecule has 3 aromatic rings. The molecule has 0 bridgehead atoms. The number of halogens is 2. The van der Waals surface area contributed by atoms with E-state index in [4.69, 9.17) is 0 Å². The van der Waals surface area contributed by atoms with Crippen molar-refractivity contribution in [2.75, 3.05) is 5.32 Å². The Balaban J connectivity index is 1.73. The third-order valence-electron chi connectivity index (χ3n) is 3.46. The topological polar surface area (TPSA) is 42.0 Å². The van der Waals surface area contributed by atoms with Gasteiger partial charge in [0.05, 0.1) is 5.69 Å². The highest BCUT2D eigenvalue weighted by Gasteiger charge is 2.11. The molecule has 1 N–H and O–H groups in total. The molecule has 126 valence electrons. The summed E-state index contributed by atoms with van der Waals surface area (Å²) in [5.74, 6) is -1.11. The van der Waals surface area contributed by atoms with Crippen LogP contribution in [0.2, 0.25) is 0 Å². The Morgan fingerprint density at radius 1 is 1.12 bits per heavy atom. The lowest BCUT2D eigenvalue weighted by molar-refractivity contribution is -0.111. The van der Waals surface area contributed by atoms with Gasteiger partial charge in [0, 0.05) is 22.1 Å². The van der Waals surface area contributed by atoms with Crippen molar-refractivity contribution >= 4 is 28.5 Å². The zero-order valence-corrected chi connectivity index (χ0v) is 14.1. The van der Waals surface area contributed by atoms with Gasteiger partial charge >= 0.3 is 0 Å². The van der Waals surface area contributed by atoms with Crippen LogP contribution in [-0.2, 0) is 4.79 Å². The Hall–Kier alpha value is -2.86. The van der Waals surface area contributed by atoms with Crippen LogP contribution in [-0.4, -0.2) is 10.9 Å². The van der Waals surface area contributed by atoms with E-state index in [1.807, 2.05) is 6.92 Å². The van der Waals surface area contributed by atoms with Gasteiger partial charge in [-0.05, 0) is 43.3 Å². The summed E-state index contributed by atoms with van der Waals surface area (Å²) in [6, 6.07) is 12.2. The third-order valence-corrected chi connectivity index (χ3v) is 4.35. The quantitative estimate of drug-likeness (QED) is 0.665. The van der Waals surface area contributed by atoms with E-state index in [2.05, 4.69) is 10.3 Å². The molecule has 1 heterocycles. The molecule has 0 spiro atoms. The van der Waals surface area contributed by atoms with Gasteiger partial charge in [0.15, 0.2) is 5.13 Å². The highest BCUT2D eigenvalue weighted by atomic mass is 32.1. The maximum absolute atomic E-state index is 13.5. The smallest absolute Gasteiger partial charge is 0.250 e. The van der Waals surface area contributed by atoms with E-state index in [-0.39, 0.29) is 5.82 Å². The third kappa shape index (κ3) is 4.16. The standard InChI is InChI=1S/C19H14F2N2OS/c1-12-18(14-6-9-15(20)10-7-14)23-19(25-12)22-17(24)11-8-13-4-2-3-5-16(13)21/h2-11H,1H3,(H,22,23,24)/b11-8+. The fraction of sp³-hybridized carbons (Fsp3) is 0.0526. The lowest BCUT2D eigenvalue weighted by Crippen LogP contribution is -2.07. The molecule has 0 unspecified atom stereocenters. The van der Waals surface area contributed by atoms with E-state index >= 15 is 0 Å². The molecule has 1 amide bonds. The number of amides is 1. The van der Waals surface area contributed by atoms with Crippen molar-refractivity contribution in [3.05, 3.63) is 76.7 Å². The zero-order valence-electron chi connectivity index (χ0n) is 13.3. The second kappa shape index (κ2) is 7.36. The van der Waals surface area contributed by atoms with Crippen LogP contribution >= 0.6 is 11.3 Å². The van der Waals surface area contributed by atoms with Crippen molar-refractivity contribution in [3.8, 4) is 11.3 Å². The van der Waals surface area contributed by atoms with Crippen molar-refractivity contribution in [2.24, 2.45) is 0 Å². The molecule has 25 heavy (non-hydrogen) atoms. The number of hydrogen-bond acceptors (Lipinski definition) is 3. The molecule has 0 aliphatic rings. The molecule has 2 aromatic carbocycles. The van der Waals surface area contributed by atoms with Gasteiger partial charge in [-0.25, -0.2) is 13.8 Å². The van der Waals surface area contributed by atoms with Crippen molar-refractivity contribution in [2.45, 2.75) is 6.92 Å². The molecular weight excluding hydrogens is 342 g/mol. The number of benzene rings is 2. The predicted molar refractivity (Wildman–Crippen MR) is 96.3 cm³/mol. The molecule has 0 fully saturated rings. The SMILES string of the molecule is Cc1sc(NC(=O)/C=C/c2ccccc2F)nc1-c1ccc(F)cc1. The number of rotatable bonds is 4. The number of thiazole rings is 1. The summed E-state index contributed by atoms with van der Waals surface area (Å²) >= 11 is 1.32. The summed E-state index contributed by atoms with van der Waals surface area (Å²) in [6.07, 6.45) is 2.67. The Labute approximate surface area is 147 Å². The normalized spacial score (nSPS) is 11.0. The monoisotopic (exact) mass is 356 g/mol. The summed E-state index contributed by atoms with van der Waals surface area (Å²) in [5, 5.41) is 3.09. The van der Waals surface area contributed by atoms with Crippen LogP contribution in [0.4, 0.5) is 13.9 Å². The minimum absolute atomic E-state index is 0.316. The van der Waals surface area contributed by atoms with Crippen molar-refractivity contribution < 1.29 is 13.6 Å². The first-order valence-electron chi connectivity index (χ1n) is 7.50. The van der Waals surface area contributed by atoms with Crippen molar-refractivity contribution in [3.63, 3.8) is 0 Å². The Bertz CT molecular complexity index is 933. The Morgan fingerprint density at radius 3 is 2.56 bits per heavy atom. The van der Waals surface area contributed by atoms with Crippen LogP contribution in [0.25, 0.3) is 17.3 Å². The minimum atomic E-state index is -0.400. The first-order chi connectivity index (χ1) is 12.0. The minimum Gasteiger partial charge on any atom is -0.298 e. The Morgan fingerprint density at radius 2 is 1.84 bits per heavy atom. The van der Waals surface area contributed by atoms with Gasteiger partial charge in [-0.15, -0.1) is 11.3 Å². The molecule has 0 radical (unpaired) electrons. The van der Waals surface area contributed by atoms with Crippen LogP contribution in [0.5, 0.6) is 0 Å². The van der Waals surface area contributed by atoms with Gasteiger partial charge in [0.1, 0.15) is 11.6 Å². The number of carbonyl (C=O) groups excluding carboxylic acids is 1. The molecule has 0 atom stereocenters. The molecule has 3 rings (SSSR count). The van der Waals surface area contributed by atoms with E-state index in [1.165, 1.54) is 41.7 Å². The van der Waals surface area contributed by atoms with E-state index < -0.39 is 11.7 Å². The van der Waals surface area contributed by atoms with Gasteiger partial charge in [-0.3, -0.25) is 10.1 Å². The second-order valence-corrected chi connectivity index (χ2v) is 6.48. The zero-order chi connectivity index (χ0) is 17.8. The fourth-order valence-electron chi connectivity index (χ4n) is 2.25. The van der Waals surface area contributed by atoms with Crippen molar-refractivity contribution in [1.82, 2.24) is 4.98 Å². The molecule has 0 saturated heterocycles. The first-order valence-corrected chi connectivity index (χ1v) is 8.31. The van der Waals surface area contributed by atoms with E-state index in [0.717, 1.165) is 10.4 Å². The summed E-state index contributed by atoms with van der Waals surface area (Å²) in [7, 11) is 0. The predicted octanol–water partition coefficient (Wildman–Crippen LogP) is 5.05. The van der Waals surface area contributed by atoms with Crippen LogP contribution in [0, 0.1) is 18.6 Å². The van der Waals surface area contributed by atoms with Crippen LogP contribution in [0.3, 0.4) is 0 Å². The highest BCUT2D eigenvalue weighted by molar-refractivity contribution is 7.16. The lowest BCUT2D eigenvalue weighted by atomic mass is 10.1. The number of hydrogen-bond donors (Lipinski definition) is 1. The average molecular weight is 356 g/mol.